The molecular weight excluding hydrogens is 280 g/mol. The van der Waals surface area contributed by atoms with E-state index in [1.165, 1.54) is 44.9 Å². The van der Waals surface area contributed by atoms with Crippen LogP contribution < -0.4 is 5.11 Å². The Labute approximate surface area is 136 Å². The normalized spacial score (nSPS) is 14.3. The van der Waals surface area contributed by atoms with E-state index in [-0.39, 0.29) is 23.6 Å². The first-order chi connectivity index (χ1) is 10.4. The maximum Gasteiger partial charge on any atom is 0.131 e. The summed E-state index contributed by atoms with van der Waals surface area (Å²) in [5, 5.41) is 34.2. The lowest BCUT2D eigenvalue weighted by atomic mass is 10.1. The van der Waals surface area contributed by atoms with E-state index in [0.717, 1.165) is 12.8 Å². The van der Waals surface area contributed by atoms with Crippen molar-refractivity contribution in [3.8, 4) is 0 Å². The van der Waals surface area contributed by atoms with Crippen molar-refractivity contribution in [2.45, 2.75) is 77.2 Å². The highest BCUT2D eigenvalue weighted by Crippen LogP contribution is 2.11. The van der Waals surface area contributed by atoms with Gasteiger partial charge in [-0.1, -0.05) is 58.3 Å². The highest BCUT2D eigenvalue weighted by atomic mass is 16.3. The summed E-state index contributed by atoms with van der Waals surface area (Å²) in [7, 11) is 3.51. The first-order valence-electron chi connectivity index (χ1n) is 8.79. The van der Waals surface area contributed by atoms with Gasteiger partial charge in [0.25, 0.3) is 0 Å². The number of unbranched alkanes of at least 4 members (excludes halogenated alkanes) is 8. The van der Waals surface area contributed by atoms with Crippen molar-refractivity contribution >= 4 is 5.90 Å². The summed E-state index contributed by atoms with van der Waals surface area (Å²) >= 11 is 0. The van der Waals surface area contributed by atoms with Gasteiger partial charge < -0.3 is 15.3 Å². The van der Waals surface area contributed by atoms with Crippen LogP contribution in [0.4, 0.5) is 0 Å². The Balaban J connectivity index is 3.71. The Morgan fingerprint density at radius 3 is 2.00 bits per heavy atom. The van der Waals surface area contributed by atoms with Crippen LogP contribution in [0.15, 0.2) is 5.10 Å². The van der Waals surface area contributed by atoms with Crippen molar-refractivity contribution in [3.05, 3.63) is 0 Å². The van der Waals surface area contributed by atoms with Gasteiger partial charge in [0.05, 0.1) is 20.7 Å². The van der Waals surface area contributed by atoms with E-state index in [9.17, 15) is 10.2 Å². The number of quaternary nitrogens is 1. The molecule has 0 aliphatic heterocycles. The molecule has 0 aliphatic carbocycles. The molecule has 22 heavy (non-hydrogen) atoms. The molecule has 0 fully saturated rings. The fraction of sp³-hybridized carbons (Fsp3) is 0.941. The monoisotopic (exact) mass is 316 g/mol. The molecule has 0 amide bonds. The lowest BCUT2D eigenvalue weighted by Gasteiger charge is -2.27. The summed E-state index contributed by atoms with van der Waals surface area (Å²) in [4.78, 5) is 0. The van der Waals surface area contributed by atoms with Crippen LogP contribution in [0.3, 0.4) is 0 Å². The number of hydrogen-bond donors (Lipinski definition) is 2. The molecule has 5 heteroatoms. The van der Waals surface area contributed by atoms with Crippen molar-refractivity contribution in [1.82, 2.24) is 0 Å². The van der Waals surface area contributed by atoms with E-state index < -0.39 is 6.10 Å². The maximum atomic E-state index is 11.8. The van der Waals surface area contributed by atoms with Crippen molar-refractivity contribution in [3.63, 3.8) is 0 Å². The molecule has 0 spiro atoms. The lowest BCUT2D eigenvalue weighted by Crippen LogP contribution is -2.44. The van der Waals surface area contributed by atoms with Gasteiger partial charge in [0.2, 0.25) is 0 Å². The average Bonchev–Trinajstić information content (AvgIpc) is 2.44. The minimum Gasteiger partial charge on any atom is -0.858 e. The van der Waals surface area contributed by atoms with Crippen LogP contribution in [0.1, 0.15) is 71.1 Å². The van der Waals surface area contributed by atoms with Gasteiger partial charge in [-0.2, -0.15) is 0 Å². The summed E-state index contributed by atoms with van der Waals surface area (Å²) < 4.78 is 0.0674. The summed E-state index contributed by atoms with van der Waals surface area (Å²) in [6.45, 7) is 2.18. The van der Waals surface area contributed by atoms with Crippen LogP contribution in [0.5, 0.6) is 0 Å². The zero-order valence-electron chi connectivity index (χ0n) is 14.8. The molecule has 2 N–H and O–H groups in total. The van der Waals surface area contributed by atoms with E-state index in [0.29, 0.717) is 6.42 Å². The highest BCUT2D eigenvalue weighted by Gasteiger charge is 2.19. The average molecular weight is 316 g/mol. The smallest absolute Gasteiger partial charge is 0.131 e. The number of aliphatic hydroxyl groups excluding tert-OH is 2. The molecule has 1 atom stereocenters. The molecule has 0 saturated carbocycles. The van der Waals surface area contributed by atoms with Gasteiger partial charge >= 0.3 is 0 Å². The largest absolute Gasteiger partial charge is 0.858 e. The predicted octanol–water partition coefficient (Wildman–Crippen LogP) is 2.01. The zero-order chi connectivity index (χ0) is 16.8. The van der Waals surface area contributed by atoms with Crippen molar-refractivity contribution < 1.29 is 19.9 Å². The van der Waals surface area contributed by atoms with Gasteiger partial charge in [0.15, 0.2) is 0 Å². The standard InChI is InChI=1S/C17H36N2O3/c1-4-5-6-7-8-9-10-11-12-13-17(22)18-19(2,3)14-16(21)15-20/h16,20-21H,4-15H2,1-3H3. The third-order valence-electron chi connectivity index (χ3n) is 3.74. The Morgan fingerprint density at radius 1 is 1.00 bits per heavy atom. The quantitative estimate of drug-likeness (QED) is 0.169. The first-order valence-corrected chi connectivity index (χ1v) is 8.79. The molecule has 0 heterocycles. The molecular formula is C17H36N2O3. The van der Waals surface area contributed by atoms with Crippen molar-refractivity contribution in [2.75, 3.05) is 27.2 Å². The number of rotatable bonds is 14. The molecule has 0 aromatic carbocycles. The second-order valence-corrected chi connectivity index (χ2v) is 6.71. The minimum atomic E-state index is -0.834. The number of nitrogens with zero attached hydrogens (tertiary/aromatic N) is 2. The molecule has 0 saturated heterocycles. The van der Waals surface area contributed by atoms with E-state index >= 15 is 0 Å². The van der Waals surface area contributed by atoms with Crippen LogP contribution in [0, 0.1) is 0 Å². The van der Waals surface area contributed by atoms with E-state index in [4.69, 9.17) is 5.11 Å². The molecule has 0 rings (SSSR count). The highest BCUT2D eigenvalue weighted by molar-refractivity contribution is 5.70. The molecule has 0 bridgehead atoms. The second-order valence-electron chi connectivity index (χ2n) is 6.71. The fourth-order valence-electron chi connectivity index (χ4n) is 2.55. The number of likely N-dealkylation sites (N-methyl/N-ethyl adjacent to an activating group) is 1. The van der Waals surface area contributed by atoms with Crippen LogP contribution in [-0.2, 0) is 0 Å². The summed E-state index contributed by atoms with van der Waals surface area (Å²) in [5.74, 6) is -0.113. The maximum absolute atomic E-state index is 11.8. The molecule has 132 valence electrons. The Bertz CT molecular complexity index is 294. The SMILES string of the molecule is CCCCCCCCCCC/C([O-])=N/[N+](C)(C)CC(O)CO. The van der Waals surface area contributed by atoms with Gasteiger partial charge in [0.1, 0.15) is 12.6 Å². The molecule has 0 aromatic rings. The number of aliphatic hydroxyl groups is 2. The van der Waals surface area contributed by atoms with Gasteiger partial charge in [-0.15, -0.1) is 5.10 Å². The van der Waals surface area contributed by atoms with Crippen LogP contribution in [0.25, 0.3) is 0 Å². The fourth-order valence-corrected chi connectivity index (χ4v) is 2.55. The Kier molecular flexibility index (Phi) is 12.5. The van der Waals surface area contributed by atoms with Crippen molar-refractivity contribution in [1.29, 1.82) is 0 Å². The zero-order valence-corrected chi connectivity index (χ0v) is 14.8. The van der Waals surface area contributed by atoms with Gasteiger partial charge in [-0.3, -0.25) is 0 Å². The second kappa shape index (κ2) is 12.9. The first kappa shape index (κ1) is 21.4. The van der Waals surface area contributed by atoms with Crippen LogP contribution >= 0.6 is 0 Å². The van der Waals surface area contributed by atoms with Crippen molar-refractivity contribution in [2.24, 2.45) is 5.10 Å². The van der Waals surface area contributed by atoms with Crippen LogP contribution in [0.2, 0.25) is 0 Å². The van der Waals surface area contributed by atoms with Gasteiger partial charge in [-0.05, 0) is 12.8 Å². The van der Waals surface area contributed by atoms with Crippen LogP contribution in [-0.4, -0.2) is 54.1 Å². The van der Waals surface area contributed by atoms with Gasteiger partial charge in [-0.25, -0.2) is 4.59 Å². The van der Waals surface area contributed by atoms with E-state index in [1.54, 1.807) is 14.1 Å². The molecule has 1 unspecified atom stereocenters. The Morgan fingerprint density at radius 2 is 1.50 bits per heavy atom. The summed E-state index contributed by atoms with van der Waals surface area (Å²) in [6, 6.07) is 0. The van der Waals surface area contributed by atoms with E-state index in [2.05, 4.69) is 12.0 Å². The lowest BCUT2D eigenvalue weighted by molar-refractivity contribution is -0.901. The van der Waals surface area contributed by atoms with E-state index in [1.807, 2.05) is 0 Å². The third-order valence-corrected chi connectivity index (χ3v) is 3.74. The molecule has 0 radical (unpaired) electrons. The molecule has 0 aromatic heterocycles. The number of hydrogen-bond acceptors (Lipinski definition) is 4. The molecule has 5 nitrogen and oxygen atoms in total. The minimum absolute atomic E-state index is 0.0674. The summed E-state index contributed by atoms with van der Waals surface area (Å²) in [5.41, 5.74) is 0. The Hall–Kier alpha value is -0.650. The topological polar surface area (TPSA) is 75.9 Å². The predicted molar refractivity (Wildman–Crippen MR) is 89.3 cm³/mol. The summed E-state index contributed by atoms with van der Waals surface area (Å²) in [6.07, 6.45) is 10.7. The van der Waals surface area contributed by atoms with Gasteiger partial charge in [0, 0.05) is 5.90 Å². The molecule has 0 aliphatic rings. The third kappa shape index (κ3) is 13.0.